The molecule has 0 aromatic heterocycles. The number of rotatable bonds is 12. The molecule has 1 heterocycles. The first kappa shape index (κ1) is 30.2. The fourth-order valence-corrected chi connectivity index (χ4v) is 4.31. The van der Waals surface area contributed by atoms with Crippen molar-refractivity contribution in [2.45, 2.75) is 6.54 Å². The number of carboxylic acids is 1. The number of anilines is 2. The molecule has 1 aliphatic heterocycles. The summed E-state index contributed by atoms with van der Waals surface area (Å²) in [7, 11) is 0. The summed E-state index contributed by atoms with van der Waals surface area (Å²) in [4.78, 5) is 38.7. The molecule has 0 atom stereocenters. The highest BCUT2D eigenvalue weighted by Crippen LogP contribution is 2.33. The lowest BCUT2D eigenvalue weighted by Gasteiger charge is -2.27. The molecule has 0 spiro atoms. The average Bonchev–Trinajstić information content (AvgIpc) is 2.99. The van der Waals surface area contributed by atoms with E-state index in [1.165, 1.54) is 6.07 Å². The predicted octanol–water partition coefficient (Wildman–Crippen LogP) is 3.19. The highest BCUT2D eigenvalue weighted by molar-refractivity contribution is 6.31. The molecule has 6 N–H and O–H groups in total. The van der Waals surface area contributed by atoms with E-state index >= 15 is 0 Å². The number of nitrogen functional groups attached to an aromatic ring is 1. The van der Waals surface area contributed by atoms with Crippen LogP contribution in [0.25, 0.3) is 0 Å². The van der Waals surface area contributed by atoms with Gasteiger partial charge in [0.1, 0.15) is 5.84 Å². The van der Waals surface area contributed by atoms with Crippen molar-refractivity contribution >= 4 is 46.6 Å². The minimum Gasteiger partial charge on any atom is -0.480 e. The molecule has 1 saturated heterocycles. The monoisotopic (exact) mass is 595 g/mol. The molecule has 0 saturated carbocycles. The number of nitrogens with two attached hydrogens (primary N) is 1. The predicted molar refractivity (Wildman–Crippen MR) is 157 cm³/mol. The van der Waals surface area contributed by atoms with Crippen LogP contribution in [0, 0.1) is 5.41 Å². The van der Waals surface area contributed by atoms with Crippen LogP contribution in [0.15, 0.2) is 60.7 Å². The van der Waals surface area contributed by atoms with Gasteiger partial charge in [0.15, 0.2) is 24.7 Å². The quantitative estimate of drug-likeness (QED) is 0.155. The van der Waals surface area contributed by atoms with Gasteiger partial charge in [-0.3, -0.25) is 15.0 Å². The van der Waals surface area contributed by atoms with E-state index < -0.39 is 18.5 Å². The molecule has 0 bridgehead atoms. The van der Waals surface area contributed by atoms with Gasteiger partial charge in [0.05, 0.1) is 18.8 Å². The van der Waals surface area contributed by atoms with Gasteiger partial charge in [0, 0.05) is 47.2 Å². The molecule has 2 amide bonds. The van der Waals surface area contributed by atoms with Crippen molar-refractivity contribution in [3.8, 4) is 11.5 Å². The van der Waals surface area contributed by atoms with Crippen LogP contribution in [-0.4, -0.2) is 73.1 Å². The number of carboxylic acid groups (broad SMARTS) is 1. The molecule has 3 aromatic carbocycles. The number of halogens is 1. The SMILES string of the molecule is N=C(N)c1ccc(NC(=O)c2cc(Cl)ccc2NCc2cccc(OCC(=O)N3CCOCC3)c2OCC(=O)O)cc1. The number of aliphatic carboxylic acids is 1. The van der Waals surface area contributed by atoms with Crippen molar-refractivity contribution in [3.05, 3.63) is 82.4 Å². The molecule has 13 heteroatoms. The summed E-state index contributed by atoms with van der Waals surface area (Å²) in [6.45, 7) is 1.09. The van der Waals surface area contributed by atoms with E-state index in [2.05, 4.69) is 10.6 Å². The van der Waals surface area contributed by atoms with E-state index in [9.17, 15) is 19.5 Å². The van der Waals surface area contributed by atoms with Crippen LogP contribution in [0.1, 0.15) is 21.5 Å². The van der Waals surface area contributed by atoms with E-state index in [4.69, 9.17) is 37.0 Å². The zero-order valence-electron chi connectivity index (χ0n) is 22.5. The summed E-state index contributed by atoms with van der Waals surface area (Å²) >= 11 is 6.19. The van der Waals surface area contributed by atoms with Gasteiger partial charge < -0.3 is 40.6 Å². The molecule has 12 nitrogen and oxygen atoms in total. The van der Waals surface area contributed by atoms with Crippen molar-refractivity contribution in [2.24, 2.45) is 5.73 Å². The summed E-state index contributed by atoms with van der Waals surface area (Å²) < 4.78 is 16.6. The maximum atomic E-state index is 13.2. The largest absolute Gasteiger partial charge is 0.480 e. The van der Waals surface area contributed by atoms with Crippen LogP contribution in [-0.2, 0) is 20.9 Å². The molecule has 1 aliphatic rings. The zero-order chi connectivity index (χ0) is 30.1. The summed E-state index contributed by atoms with van der Waals surface area (Å²) in [6, 6.07) is 16.3. The lowest BCUT2D eigenvalue weighted by Crippen LogP contribution is -2.43. The Morgan fingerprint density at radius 1 is 1.02 bits per heavy atom. The van der Waals surface area contributed by atoms with Gasteiger partial charge in [-0.05, 0) is 48.5 Å². The Labute approximate surface area is 246 Å². The van der Waals surface area contributed by atoms with Gasteiger partial charge in [-0.1, -0.05) is 23.7 Å². The molecule has 42 heavy (non-hydrogen) atoms. The first-order chi connectivity index (χ1) is 20.2. The minimum atomic E-state index is -1.18. The summed E-state index contributed by atoms with van der Waals surface area (Å²) in [5.74, 6) is -1.55. The Balaban J connectivity index is 1.50. The Morgan fingerprint density at radius 3 is 2.45 bits per heavy atom. The second kappa shape index (κ2) is 14.2. The zero-order valence-corrected chi connectivity index (χ0v) is 23.3. The van der Waals surface area contributed by atoms with Crippen molar-refractivity contribution in [1.29, 1.82) is 5.41 Å². The van der Waals surface area contributed by atoms with E-state index in [0.29, 0.717) is 53.8 Å². The maximum Gasteiger partial charge on any atom is 0.341 e. The van der Waals surface area contributed by atoms with Crippen LogP contribution in [0.4, 0.5) is 11.4 Å². The molecule has 0 unspecified atom stereocenters. The second-order valence-electron chi connectivity index (χ2n) is 9.20. The third-order valence-electron chi connectivity index (χ3n) is 6.26. The van der Waals surface area contributed by atoms with E-state index in [-0.39, 0.29) is 42.0 Å². The summed E-state index contributed by atoms with van der Waals surface area (Å²) in [5, 5.41) is 23.1. The molecule has 220 valence electrons. The van der Waals surface area contributed by atoms with Gasteiger partial charge in [0.2, 0.25) is 0 Å². The first-order valence-corrected chi connectivity index (χ1v) is 13.3. The van der Waals surface area contributed by atoms with Gasteiger partial charge >= 0.3 is 5.97 Å². The number of hydrogen-bond acceptors (Lipinski definition) is 8. The maximum absolute atomic E-state index is 13.2. The highest BCUT2D eigenvalue weighted by Gasteiger charge is 2.20. The number of morpholine rings is 1. The molecular weight excluding hydrogens is 566 g/mol. The first-order valence-electron chi connectivity index (χ1n) is 13.0. The van der Waals surface area contributed by atoms with Crippen LogP contribution in [0.2, 0.25) is 5.02 Å². The molecule has 3 aromatic rings. The number of nitrogens with zero attached hydrogens (tertiary/aromatic N) is 1. The number of amidine groups is 1. The van der Waals surface area contributed by atoms with Crippen molar-refractivity contribution in [3.63, 3.8) is 0 Å². The van der Waals surface area contributed by atoms with Crippen LogP contribution in [0.5, 0.6) is 11.5 Å². The Bertz CT molecular complexity index is 1460. The number of amides is 2. The van der Waals surface area contributed by atoms with E-state index in [1.54, 1.807) is 59.5 Å². The normalized spacial score (nSPS) is 12.7. The summed E-state index contributed by atoms with van der Waals surface area (Å²) in [6.07, 6.45) is 0. The number of carbonyl (C=O) groups is 3. The number of carbonyl (C=O) groups excluding carboxylic acids is 2. The topological polar surface area (TPSA) is 176 Å². The average molecular weight is 596 g/mol. The fraction of sp³-hybridized carbons (Fsp3) is 0.241. The van der Waals surface area contributed by atoms with Gasteiger partial charge in [0.25, 0.3) is 11.8 Å². The smallest absolute Gasteiger partial charge is 0.341 e. The van der Waals surface area contributed by atoms with Crippen LogP contribution in [0.3, 0.4) is 0 Å². The van der Waals surface area contributed by atoms with Crippen LogP contribution < -0.4 is 25.8 Å². The number of ether oxygens (including phenoxy) is 3. The number of nitrogens with one attached hydrogen (secondary N) is 3. The lowest BCUT2D eigenvalue weighted by atomic mass is 10.1. The van der Waals surface area contributed by atoms with E-state index in [0.717, 1.165) is 0 Å². The van der Waals surface area contributed by atoms with Gasteiger partial charge in [-0.25, -0.2) is 4.79 Å². The lowest BCUT2D eigenvalue weighted by molar-refractivity contribution is -0.140. The molecule has 4 rings (SSSR count). The Hall–Kier alpha value is -4.81. The van der Waals surface area contributed by atoms with Gasteiger partial charge in [-0.15, -0.1) is 0 Å². The van der Waals surface area contributed by atoms with Crippen molar-refractivity contribution < 1.29 is 33.7 Å². The molecular formula is C29H30ClN5O7. The Morgan fingerprint density at radius 2 is 1.76 bits per heavy atom. The number of hydrogen-bond donors (Lipinski definition) is 5. The molecule has 1 fully saturated rings. The van der Waals surface area contributed by atoms with Crippen molar-refractivity contribution in [2.75, 3.05) is 50.2 Å². The van der Waals surface area contributed by atoms with Crippen molar-refractivity contribution in [1.82, 2.24) is 4.90 Å². The number of benzene rings is 3. The third kappa shape index (κ3) is 8.12. The fourth-order valence-electron chi connectivity index (χ4n) is 4.14. The minimum absolute atomic E-state index is 0.0842. The molecule has 0 radical (unpaired) electrons. The number of para-hydroxylation sites is 1. The summed E-state index contributed by atoms with van der Waals surface area (Å²) in [5.41, 5.74) is 7.76. The third-order valence-corrected chi connectivity index (χ3v) is 6.50. The van der Waals surface area contributed by atoms with Gasteiger partial charge in [-0.2, -0.15) is 0 Å². The highest BCUT2D eigenvalue weighted by atomic mass is 35.5. The Kier molecular flexibility index (Phi) is 10.2. The molecule has 0 aliphatic carbocycles. The van der Waals surface area contributed by atoms with Crippen LogP contribution >= 0.6 is 11.6 Å². The second-order valence-corrected chi connectivity index (χ2v) is 9.63. The van der Waals surface area contributed by atoms with E-state index in [1.807, 2.05) is 0 Å². The standard InChI is InChI=1S/C29H30ClN5O7/c30-20-6-9-23(22(14-20)29(39)34-21-7-4-18(5-8-21)28(31)32)33-15-19-2-1-3-24(27(19)42-17-26(37)38)41-16-25(36)35-10-12-40-13-11-35/h1-9,14,33H,10-13,15-17H2,(H3,31,32)(H,34,39)(H,37,38).